The van der Waals surface area contributed by atoms with Gasteiger partial charge in [0.25, 0.3) is 0 Å². The van der Waals surface area contributed by atoms with E-state index in [9.17, 15) is 13.2 Å². The molecule has 0 aromatic rings. The molecule has 58 valence electrons. The van der Waals surface area contributed by atoms with E-state index in [0.717, 1.165) is 0 Å². The van der Waals surface area contributed by atoms with Crippen molar-refractivity contribution in [1.29, 1.82) is 5.53 Å². The highest BCUT2D eigenvalue weighted by molar-refractivity contribution is 5.73. The number of hydrogen-bond donors (Lipinski definition) is 2. The van der Waals surface area contributed by atoms with E-state index in [0.29, 0.717) is 0 Å². The molecule has 8 heteroatoms. The molecule has 0 spiro atoms. The molecule has 0 heterocycles. The molecule has 0 aromatic carbocycles. The van der Waals surface area contributed by atoms with Gasteiger partial charge < -0.3 is 5.11 Å². The number of rotatable bonds is 0. The van der Waals surface area contributed by atoms with Crippen LogP contribution < -0.4 is 0 Å². The molecule has 0 fully saturated rings. The minimum Gasteiger partial charge on any atom is -0.475 e. The van der Waals surface area contributed by atoms with Gasteiger partial charge in [0.2, 0.25) is 0 Å². The van der Waals surface area contributed by atoms with Crippen LogP contribution in [0.15, 0.2) is 0 Å². The molecule has 0 amide bonds. The zero-order chi connectivity index (χ0) is 8.78. The van der Waals surface area contributed by atoms with Crippen LogP contribution in [-0.4, -0.2) is 17.3 Å². The molecule has 0 aliphatic rings. The van der Waals surface area contributed by atoms with Gasteiger partial charge in [-0.25, -0.2) is 4.79 Å². The summed E-state index contributed by atoms with van der Waals surface area (Å²) in [5.41, 5.74) is 12.2. The summed E-state index contributed by atoms with van der Waals surface area (Å²) >= 11 is 0. The van der Waals surface area contributed by atoms with E-state index in [2.05, 4.69) is 0 Å². The zero-order valence-electron chi connectivity index (χ0n) is 4.38. The first kappa shape index (κ1) is 11.4. The second kappa shape index (κ2) is 4.45. The minimum atomic E-state index is -5.08. The van der Waals surface area contributed by atoms with Crippen molar-refractivity contribution >= 4 is 5.97 Å². The van der Waals surface area contributed by atoms with Crippen LogP contribution in [0.4, 0.5) is 13.2 Å². The third kappa shape index (κ3) is 9.76. The molecular weight excluding hydrogens is 155 g/mol. The van der Waals surface area contributed by atoms with Crippen molar-refractivity contribution in [3.05, 3.63) is 10.4 Å². The van der Waals surface area contributed by atoms with Crippen molar-refractivity contribution in [3.63, 3.8) is 0 Å². The lowest BCUT2D eigenvalue weighted by Gasteiger charge is -1.93. The van der Waals surface area contributed by atoms with E-state index in [-0.39, 0.29) is 0 Å². The molecule has 0 bridgehead atoms. The monoisotopic (exact) mass is 157 g/mol. The Morgan fingerprint density at radius 1 is 1.60 bits per heavy atom. The molecule has 0 saturated carbocycles. The number of hydrogen-bond acceptors (Lipinski definition) is 2. The zero-order valence-corrected chi connectivity index (χ0v) is 4.38. The predicted octanol–water partition coefficient (Wildman–Crippen LogP) is 1.51. The van der Waals surface area contributed by atoms with Crippen LogP contribution in [0.3, 0.4) is 0 Å². The fourth-order valence-corrected chi connectivity index (χ4v) is 0. The number of carboxylic acid groups (broad SMARTS) is 1. The second-order valence-electron chi connectivity index (χ2n) is 0.903. The van der Waals surface area contributed by atoms with Crippen molar-refractivity contribution in [2.75, 3.05) is 0 Å². The SMILES string of the molecule is O=C(O)C(F)(F)F.[N-]=[N+]=N. The first-order valence-corrected chi connectivity index (χ1v) is 1.67. The summed E-state index contributed by atoms with van der Waals surface area (Å²) < 4.78 is 31.7. The molecule has 0 saturated heterocycles. The third-order valence-electron chi connectivity index (χ3n) is 0.243. The molecule has 0 rings (SSSR count). The summed E-state index contributed by atoms with van der Waals surface area (Å²) in [5.74, 6) is -2.76. The number of halogens is 3. The maximum atomic E-state index is 10.6. The molecule has 0 aliphatic carbocycles. The molecule has 0 aromatic heterocycles. The van der Waals surface area contributed by atoms with Gasteiger partial charge in [0.05, 0.1) is 0 Å². The summed E-state index contributed by atoms with van der Waals surface area (Å²) in [4.78, 5) is 10.6. The molecule has 0 radical (unpaired) electrons. The average molecular weight is 157 g/mol. The Kier molecular flexibility index (Phi) is 5.06. The number of carbonyl (C=O) groups is 1. The lowest BCUT2D eigenvalue weighted by atomic mass is 10.7. The molecule has 0 unspecified atom stereocenters. The van der Waals surface area contributed by atoms with Crippen LogP contribution in [0.2, 0.25) is 0 Å². The van der Waals surface area contributed by atoms with Crippen molar-refractivity contribution < 1.29 is 23.1 Å². The van der Waals surface area contributed by atoms with Crippen LogP contribution in [0.25, 0.3) is 10.4 Å². The number of nitrogens with zero attached hydrogens (tertiary/aromatic N) is 2. The number of alkyl halides is 3. The first-order valence-electron chi connectivity index (χ1n) is 1.67. The van der Waals surface area contributed by atoms with E-state index in [1.165, 1.54) is 0 Å². The van der Waals surface area contributed by atoms with E-state index >= 15 is 0 Å². The minimum absolute atomic E-state index is 1.75. The normalized spacial score (nSPS) is 8.70. The van der Waals surface area contributed by atoms with Gasteiger partial charge in [0.15, 0.2) is 0 Å². The average Bonchev–Trinajstić information content (AvgIpc) is 1.64. The highest BCUT2D eigenvalue weighted by atomic mass is 19.4. The maximum Gasteiger partial charge on any atom is 0.490 e. The number of carboxylic acids is 1. The van der Waals surface area contributed by atoms with E-state index in [1.54, 1.807) is 4.91 Å². The summed E-state index contributed by atoms with van der Waals surface area (Å²) in [6.07, 6.45) is -5.08. The van der Waals surface area contributed by atoms with Crippen LogP contribution in [0.5, 0.6) is 0 Å². The summed E-state index contributed by atoms with van der Waals surface area (Å²) in [5, 5.41) is 7.12. The van der Waals surface area contributed by atoms with Gasteiger partial charge in [-0.1, -0.05) is 0 Å². The number of aliphatic carboxylic acids is 1. The molecule has 0 aliphatic heterocycles. The van der Waals surface area contributed by atoms with Crippen LogP contribution in [-0.2, 0) is 4.79 Å². The lowest BCUT2D eigenvalue weighted by Crippen LogP contribution is -2.21. The van der Waals surface area contributed by atoms with Gasteiger partial charge in [-0.15, -0.1) is 5.53 Å². The Morgan fingerprint density at radius 3 is 1.70 bits per heavy atom. The molecule has 2 N–H and O–H groups in total. The summed E-state index contributed by atoms with van der Waals surface area (Å²) in [6, 6.07) is 0. The van der Waals surface area contributed by atoms with Crippen LogP contribution in [0, 0.1) is 5.53 Å². The fourth-order valence-electron chi connectivity index (χ4n) is 0. The van der Waals surface area contributed by atoms with Gasteiger partial charge in [0, 0.05) is 0 Å². The summed E-state index contributed by atoms with van der Waals surface area (Å²) in [6.45, 7) is 0. The first-order chi connectivity index (χ1) is 4.36. The smallest absolute Gasteiger partial charge is 0.475 e. The van der Waals surface area contributed by atoms with Gasteiger partial charge in [0.1, 0.15) is 0 Å². The fraction of sp³-hybridized carbons (Fsp3) is 0.500. The largest absolute Gasteiger partial charge is 0.490 e. The molecule has 0 atom stereocenters. The highest BCUT2D eigenvalue weighted by Crippen LogP contribution is 2.13. The molecule has 10 heavy (non-hydrogen) atoms. The van der Waals surface area contributed by atoms with E-state index in [4.69, 9.17) is 21.0 Å². The Labute approximate surface area is 52.5 Å². The van der Waals surface area contributed by atoms with Crippen LogP contribution >= 0.6 is 0 Å². The predicted molar refractivity (Wildman–Crippen MR) is 23.1 cm³/mol. The summed E-state index contributed by atoms with van der Waals surface area (Å²) in [7, 11) is 0. The van der Waals surface area contributed by atoms with Crippen molar-refractivity contribution in [2.45, 2.75) is 6.18 Å². The van der Waals surface area contributed by atoms with Crippen molar-refractivity contribution in [1.82, 2.24) is 0 Å². The molecular formula is C2H2F3N3O2. The maximum absolute atomic E-state index is 10.6. The van der Waals surface area contributed by atoms with Gasteiger partial charge >= 0.3 is 12.1 Å². The second-order valence-corrected chi connectivity index (χ2v) is 0.903. The topological polar surface area (TPSA) is 97.5 Å². The quantitative estimate of drug-likeness (QED) is 0.316. The Morgan fingerprint density at radius 2 is 1.70 bits per heavy atom. The van der Waals surface area contributed by atoms with Gasteiger partial charge in [-0.3, -0.25) is 0 Å². The Bertz CT molecular complexity index is 146. The molecule has 5 nitrogen and oxygen atoms in total. The van der Waals surface area contributed by atoms with Gasteiger partial charge in [-0.05, 0) is 10.4 Å². The van der Waals surface area contributed by atoms with Crippen LogP contribution in [0.1, 0.15) is 0 Å². The third-order valence-corrected chi connectivity index (χ3v) is 0.243. The number of nitrogens with one attached hydrogen (secondary N) is 1. The lowest BCUT2D eigenvalue weighted by molar-refractivity contribution is -0.192. The standard InChI is InChI=1S/C2HF3O2.HN3/c3-2(4,5)1(6)7;1-3-2/h(H,6,7);1H. The van der Waals surface area contributed by atoms with Crippen molar-refractivity contribution in [2.24, 2.45) is 0 Å². The van der Waals surface area contributed by atoms with Crippen molar-refractivity contribution in [3.8, 4) is 0 Å². The van der Waals surface area contributed by atoms with Gasteiger partial charge in [-0.2, -0.15) is 13.2 Å². The Hall–Kier alpha value is -1.43. The van der Waals surface area contributed by atoms with E-state index < -0.39 is 12.1 Å². The van der Waals surface area contributed by atoms with E-state index in [1.807, 2.05) is 0 Å². The Balaban J connectivity index is 0. The highest BCUT2D eigenvalue weighted by Gasteiger charge is 2.38.